The molecular weight excluding hydrogens is 640 g/mol. The minimum absolute atomic E-state index is 0.240. The molecule has 0 spiro atoms. The number of esters is 1. The molecule has 48 heavy (non-hydrogen) atoms. The van der Waals surface area contributed by atoms with Gasteiger partial charge in [-0.25, -0.2) is 14.8 Å². The summed E-state index contributed by atoms with van der Waals surface area (Å²) >= 11 is 0. The number of carbonyl (C=O) groups excluding carboxylic acids is 1. The normalized spacial score (nSPS) is 17.6. The van der Waals surface area contributed by atoms with Crippen LogP contribution in [0.25, 0.3) is 16.6 Å². The molecule has 1 aliphatic rings. The number of pyridine rings is 1. The summed E-state index contributed by atoms with van der Waals surface area (Å²) in [6.45, 7) is 2.55. The van der Waals surface area contributed by atoms with Crippen molar-refractivity contribution in [3.63, 3.8) is 0 Å². The van der Waals surface area contributed by atoms with Gasteiger partial charge in [-0.05, 0) is 55.7 Å². The summed E-state index contributed by atoms with van der Waals surface area (Å²) in [6, 6.07) is 14.3. The largest absolute Gasteiger partial charge is 0.497 e. The van der Waals surface area contributed by atoms with Crippen LogP contribution in [0.5, 0.6) is 17.2 Å². The van der Waals surface area contributed by atoms with Crippen molar-refractivity contribution < 1.29 is 36.3 Å². The number of nitrogens with zero attached hydrogens (tertiary/aromatic N) is 5. The minimum Gasteiger partial charge on any atom is -0.497 e. The highest BCUT2D eigenvalue weighted by Gasteiger charge is 2.52. The number of methoxy groups -OCH3 is 3. The van der Waals surface area contributed by atoms with Crippen molar-refractivity contribution in [2.24, 2.45) is 0 Å². The first-order valence-electron chi connectivity index (χ1n) is 15.3. The molecule has 1 saturated carbocycles. The number of rotatable bonds is 13. The average Bonchev–Trinajstić information content (AvgIpc) is 3.52. The second-order valence-electron chi connectivity index (χ2n) is 11.5. The van der Waals surface area contributed by atoms with Gasteiger partial charge in [0.1, 0.15) is 28.4 Å². The maximum Gasteiger partial charge on any atom is 0.339 e. The van der Waals surface area contributed by atoms with Crippen molar-refractivity contribution in [3.05, 3.63) is 77.4 Å². The van der Waals surface area contributed by atoms with Gasteiger partial charge in [0.05, 0.1) is 45.4 Å². The molecule has 3 aromatic heterocycles. The Labute approximate surface area is 277 Å². The first-order chi connectivity index (χ1) is 23.1. The second kappa shape index (κ2) is 13.2. The van der Waals surface area contributed by atoms with Crippen molar-refractivity contribution in [1.82, 2.24) is 24.6 Å². The van der Waals surface area contributed by atoms with E-state index in [9.17, 15) is 13.2 Å². The molecule has 252 valence electrons. The van der Waals surface area contributed by atoms with E-state index in [1.165, 1.54) is 6.20 Å². The molecule has 1 N–H and O–H groups in total. The van der Waals surface area contributed by atoms with Gasteiger partial charge in [-0.3, -0.25) is 9.17 Å². The topological polar surface area (TPSA) is 165 Å². The van der Waals surface area contributed by atoms with Crippen molar-refractivity contribution in [2.75, 3.05) is 39.5 Å². The molecule has 0 saturated heterocycles. The summed E-state index contributed by atoms with van der Waals surface area (Å²) in [4.78, 5) is 26.5. The van der Waals surface area contributed by atoms with E-state index in [-0.39, 0.29) is 24.3 Å². The van der Waals surface area contributed by atoms with Gasteiger partial charge in [0, 0.05) is 35.7 Å². The Hall–Kier alpha value is -5.02. The van der Waals surface area contributed by atoms with Crippen LogP contribution in [-0.2, 0) is 31.2 Å². The number of benzene rings is 2. The molecular formula is C33H36N6O8S. The van der Waals surface area contributed by atoms with Crippen LogP contribution in [0.4, 0.5) is 5.95 Å². The van der Waals surface area contributed by atoms with Crippen LogP contribution in [-0.4, -0.2) is 73.1 Å². The maximum absolute atomic E-state index is 12.4. The maximum atomic E-state index is 12.4. The molecule has 1 fully saturated rings. The lowest BCUT2D eigenvalue weighted by atomic mass is 9.68. The highest BCUT2D eigenvalue weighted by molar-refractivity contribution is 7.86. The van der Waals surface area contributed by atoms with E-state index in [0.717, 1.165) is 17.2 Å². The third kappa shape index (κ3) is 6.42. The smallest absolute Gasteiger partial charge is 0.339 e. The monoisotopic (exact) mass is 676 g/mol. The molecule has 0 atom stereocenters. The highest BCUT2D eigenvalue weighted by atomic mass is 32.2. The van der Waals surface area contributed by atoms with Crippen molar-refractivity contribution in [3.8, 4) is 17.2 Å². The molecule has 5 aromatic rings. The Morgan fingerprint density at radius 3 is 2.48 bits per heavy atom. The number of fused-ring (bicyclic) bond motifs is 3. The summed E-state index contributed by atoms with van der Waals surface area (Å²) in [5.74, 6) is 2.03. The highest BCUT2D eigenvalue weighted by Crippen LogP contribution is 2.53. The summed E-state index contributed by atoms with van der Waals surface area (Å²) in [5, 5.41) is 8.94. The molecule has 15 heteroatoms. The number of carbonyl (C=O) groups is 1. The van der Waals surface area contributed by atoms with E-state index in [1.54, 1.807) is 44.0 Å². The zero-order chi connectivity index (χ0) is 34.1. The number of nitrogens with one attached hydrogen (secondary N) is 1. The molecule has 0 amide bonds. The second-order valence-corrected chi connectivity index (χ2v) is 13.1. The zero-order valence-corrected chi connectivity index (χ0v) is 28.0. The van der Waals surface area contributed by atoms with Gasteiger partial charge in [-0.15, -0.1) is 5.10 Å². The summed E-state index contributed by atoms with van der Waals surface area (Å²) < 4.78 is 53.8. The van der Waals surface area contributed by atoms with Gasteiger partial charge in [-0.1, -0.05) is 13.0 Å². The summed E-state index contributed by atoms with van der Waals surface area (Å²) in [7, 11) is 0.891. The predicted octanol–water partition coefficient (Wildman–Crippen LogP) is 4.63. The number of ether oxygens (including phenoxy) is 4. The SMILES string of the molecule is CCCOC(=O)c1ccc([C@]2(OS(C)(=O)=O)C[C@@H](c3nc4c5cccc(OC)c5nc(NCc5ccc(OC)cc5OC)n4n3)C2)nc1. The quantitative estimate of drug-likeness (QED) is 0.136. The standard InChI is InChI=1S/C33H36N6O8S/c1-6-14-46-31(40)21-11-13-27(34-19-21)33(47-48(5,41)42)16-22(17-33)29-37-30-24-8-7-9-25(44-3)28(24)36-32(39(30)38-29)35-18-20-10-12-23(43-2)15-26(20)45-4/h7-13,15,19,22H,6,14,16-18H2,1-5H3,(H,35,36)/t22-,33+. The van der Waals surface area contributed by atoms with Crippen LogP contribution in [0.2, 0.25) is 0 Å². The number of aromatic nitrogens is 5. The fourth-order valence-corrected chi connectivity index (χ4v) is 6.64. The number of anilines is 1. The summed E-state index contributed by atoms with van der Waals surface area (Å²) in [6.07, 6.45) is 3.55. The third-order valence-electron chi connectivity index (χ3n) is 8.16. The first-order valence-corrected chi connectivity index (χ1v) is 17.1. The van der Waals surface area contributed by atoms with E-state index >= 15 is 0 Å². The van der Waals surface area contributed by atoms with Crippen LogP contribution >= 0.6 is 0 Å². The lowest BCUT2D eigenvalue weighted by Gasteiger charge is -2.44. The number of hydrogen-bond acceptors (Lipinski definition) is 13. The van der Waals surface area contributed by atoms with Crippen LogP contribution < -0.4 is 19.5 Å². The van der Waals surface area contributed by atoms with E-state index in [4.69, 9.17) is 38.2 Å². The van der Waals surface area contributed by atoms with Crippen molar-refractivity contribution in [2.45, 2.75) is 44.2 Å². The lowest BCUT2D eigenvalue weighted by molar-refractivity contribution is -0.0287. The molecule has 0 unspecified atom stereocenters. The molecule has 0 radical (unpaired) electrons. The predicted molar refractivity (Wildman–Crippen MR) is 176 cm³/mol. The lowest BCUT2D eigenvalue weighted by Crippen LogP contribution is -2.44. The van der Waals surface area contributed by atoms with Crippen molar-refractivity contribution in [1.29, 1.82) is 0 Å². The number of hydrogen-bond donors (Lipinski definition) is 1. The Bertz CT molecular complexity index is 2080. The zero-order valence-electron chi connectivity index (χ0n) is 27.2. The van der Waals surface area contributed by atoms with Gasteiger partial charge in [-0.2, -0.15) is 12.9 Å². The van der Waals surface area contributed by atoms with Crippen molar-refractivity contribution >= 4 is 38.6 Å². The van der Waals surface area contributed by atoms with Gasteiger partial charge < -0.3 is 24.3 Å². The molecule has 6 rings (SSSR count). The van der Waals surface area contributed by atoms with Crippen LogP contribution in [0.3, 0.4) is 0 Å². The molecule has 0 bridgehead atoms. The fourth-order valence-electron chi connectivity index (χ4n) is 5.84. The molecule has 1 aliphatic carbocycles. The van der Waals surface area contributed by atoms with Crippen LogP contribution in [0.15, 0.2) is 54.7 Å². The van der Waals surface area contributed by atoms with Crippen LogP contribution in [0, 0.1) is 0 Å². The van der Waals surface area contributed by atoms with E-state index in [1.807, 2.05) is 37.3 Å². The van der Waals surface area contributed by atoms with Gasteiger partial charge >= 0.3 is 5.97 Å². The number of para-hydroxylation sites is 1. The summed E-state index contributed by atoms with van der Waals surface area (Å²) in [5.41, 5.74) is 1.41. The molecule has 3 heterocycles. The van der Waals surface area contributed by atoms with E-state index < -0.39 is 21.7 Å². The van der Waals surface area contributed by atoms with Gasteiger partial charge in [0.2, 0.25) is 5.95 Å². The van der Waals surface area contributed by atoms with Gasteiger partial charge in [0.15, 0.2) is 11.5 Å². The Morgan fingerprint density at radius 2 is 1.81 bits per heavy atom. The Kier molecular flexibility index (Phi) is 9.07. The third-order valence-corrected chi connectivity index (χ3v) is 8.79. The van der Waals surface area contributed by atoms with E-state index in [0.29, 0.717) is 65.5 Å². The first kappa shape index (κ1) is 32.9. The van der Waals surface area contributed by atoms with Crippen LogP contribution in [0.1, 0.15) is 59.5 Å². The molecule has 2 aromatic carbocycles. The Morgan fingerprint density at radius 1 is 1.02 bits per heavy atom. The fraction of sp³-hybridized carbons (Fsp3) is 0.364. The van der Waals surface area contributed by atoms with E-state index in [2.05, 4.69) is 10.3 Å². The molecule has 14 nitrogen and oxygen atoms in total. The molecule has 0 aliphatic heterocycles. The van der Waals surface area contributed by atoms with Gasteiger partial charge in [0.25, 0.3) is 10.1 Å². The Balaban J connectivity index is 1.34. The average molecular weight is 677 g/mol. The minimum atomic E-state index is -3.88.